The number of fused-ring (bicyclic) bond motifs is 1. The number of aromatic nitrogens is 4. The number of hydrogen-bond acceptors (Lipinski definition) is 4. The van der Waals surface area contributed by atoms with E-state index in [0.29, 0.717) is 11.9 Å². The molecule has 5 nitrogen and oxygen atoms in total. The van der Waals surface area contributed by atoms with E-state index in [4.69, 9.17) is 11.6 Å². The van der Waals surface area contributed by atoms with Gasteiger partial charge in [0.05, 0.1) is 18.1 Å². The highest BCUT2D eigenvalue weighted by molar-refractivity contribution is 6.33. The largest absolute Gasteiger partial charge is 0.293 e. The van der Waals surface area contributed by atoms with Crippen LogP contribution in [-0.4, -0.2) is 19.7 Å². The lowest BCUT2D eigenvalue weighted by Gasteiger charge is -2.05. The van der Waals surface area contributed by atoms with Gasteiger partial charge in [0.15, 0.2) is 0 Å². The van der Waals surface area contributed by atoms with Crippen molar-refractivity contribution in [2.24, 2.45) is 0 Å². The minimum absolute atomic E-state index is 0.237. The van der Waals surface area contributed by atoms with Crippen LogP contribution < -0.4 is 5.56 Å². The summed E-state index contributed by atoms with van der Waals surface area (Å²) in [6, 6.07) is 9.63. The van der Waals surface area contributed by atoms with E-state index < -0.39 is 0 Å². The normalized spacial score (nSPS) is 10.8. The third-order valence-electron chi connectivity index (χ3n) is 2.77. The Bertz CT molecular complexity index is 786. The van der Waals surface area contributed by atoms with Gasteiger partial charge in [-0.25, -0.2) is 14.6 Å². The lowest BCUT2D eigenvalue weighted by Crippen LogP contribution is -2.24. The number of nitrogens with zero attached hydrogens (tertiary/aromatic N) is 4. The van der Waals surface area contributed by atoms with Crippen LogP contribution in [0.25, 0.3) is 10.9 Å². The van der Waals surface area contributed by atoms with Crippen LogP contribution >= 0.6 is 11.6 Å². The maximum absolute atomic E-state index is 12.2. The highest BCUT2D eigenvalue weighted by Gasteiger charge is 2.08. The molecule has 0 radical (unpaired) electrons. The summed E-state index contributed by atoms with van der Waals surface area (Å²) in [4.78, 5) is 20.0. The molecule has 0 saturated heterocycles. The van der Waals surface area contributed by atoms with E-state index in [1.807, 2.05) is 30.3 Å². The number of hydrogen-bond donors (Lipinski definition) is 0. The fourth-order valence-electron chi connectivity index (χ4n) is 1.83. The molecule has 0 bridgehead atoms. The molecule has 0 N–H and O–H groups in total. The van der Waals surface area contributed by atoms with Gasteiger partial charge in [0.2, 0.25) is 0 Å². The fourth-order valence-corrected chi connectivity index (χ4v) is 2.01. The second kappa shape index (κ2) is 4.78. The Kier molecular flexibility index (Phi) is 2.97. The summed E-state index contributed by atoms with van der Waals surface area (Å²) in [6.07, 6.45) is 2.79. The zero-order valence-corrected chi connectivity index (χ0v) is 10.6. The van der Waals surface area contributed by atoms with Gasteiger partial charge in [0.1, 0.15) is 17.0 Å². The van der Waals surface area contributed by atoms with Crippen molar-refractivity contribution in [2.75, 3.05) is 0 Å². The lowest BCUT2D eigenvalue weighted by molar-refractivity contribution is 0.645. The lowest BCUT2D eigenvalue weighted by atomic mass is 10.2. The molecule has 0 aliphatic carbocycles. The molecule has 19 heavy (non-hydrogen) atoms. The predicted octanol–water partition coefficient (Wildman–Crippen LogP) is 1.89. The molecule has 6 heteroatoms. The average molecular weight is 273 g/mol. The first kappa shape index (κ1) is 11.8. The third kappa shape index (κ3) is 2.20. The minimum atomic E-state index is -0.273. The second-order valence-corrected chi connectivity index (χ2v) is 4.38. The van der Waals surface area contributed by atoms with Crippen molar-refractivity contribution >= 4 is 22.5 Å². The van der Waals surface area contributed by atoms with Crippen LogP contribution in [-0.2, 0) is 6.54 Å². The molecule has 0 unspecified atom stereocenters. The van der Waals surface area contributed by atoms with E-state index in [1.165, 1.54) is 17.2 Å². The van der Waals surface area contributed by atoms with Gasteiger partial charge >= 0.3 is 0 Å². The zero-order valence-electron chi connectivity index (χ0n) is 9.82. The summed E-state index contributed by atoms with van der Waals surface area (Å²) in [5.41, 5.74) is 1.01. The van der Waals surface area contributed by atoms with E-state index in [0.717, 1.165) is 5.56 Å². The molecule has 94 valence electrons. The molecule has 3 rings (SSSR count). The molecule has 0 amide bonds. The Labute approximate surface area is 113 Å². The van der Waals surface area contributed by atoms with Crippen LogP contribution in [0.2, 0.25) is 5.15 Å². The van der Waals surface area contributed by atoms with Crippen molar-refractivity contribution < 1.29 is 0 Å². The van der Waals surface area contributed by atoms with Crippen LogP contribution in [0.5, 0.6) is 0 Å². The summed E-state index contributed by atoms with van der Waals surface area (Å²) >= 11 is 5.90. The maximum atomic E-state index is 12.2. The standard InChI is InChI=1S/C13H9ClN4O/c14-12-10-6-17-18(7-9-4-2-1-3-5-9)13(19)11(10)15-8-16-12/h1-6,8H,7H2. The van der Waals surface area contributed by atoms with Crippen LogP contribution in [0.1, 0.15) is 5.56 Å². The van der Waals surface area contributed by atoms with E-state index in [1.54, 1.807) is 0 Å². The third-order valence-corrected chi connectivity index (χ3v) is 3.07. The van der Waals surface area contributed by atoms with Gasteiger partial charge in [-0.1, -0.05) is 41.9 Å². The van der Waals surface area contributed by atoms with Gasteiger partial charge in [0, 0.05) is 0 Å². The molecule has 2 aromatic heterocycles. The molecule has 0 atom stereocenters. The average Bonchev–Trinajstić information content (AvgIpc) is 2.44. The molecule has 0 saturated carbocycles. The molecule has 0 fully saturated rings. The van der Waals surface area contributed by atoms with Crippen molar-refractivity contribution in [1.29, 1.82) is 0 Å². The highest BCUT2D eigenvalue weighted by Crippen LogP contribution is 2.14. The topological polar surface area (TPSA) is 60.7 Å². The van der Waals surface area contributed by atoms with Gasteiger partial charge in [-0.05, 0) is 5.56 Å². The summed E-state index contributed by atoms with van der Waals surface area (Å²) in [5, 5.41) is 4.81. The van der Waals surface area contributed by atoms with Crippen molar-refractivity contribution in [1.82, 2.24) is 19.7 Å². The summed E-state index contributed by atoms with van der Waals surface area (Å²) in [5.74, 6) is 0. The summed E-state index contributed by atoms with van der Waals surface area (Å²) in [7, 11) is 0. The van der Waals surface area contributed by atoms with E-state index >= 15 is 0 Å². The monoisotopic (exact) mass is 272 g/mol. The first-order valence-corrected chi connectivity index (χ1v) is 6.04. The molecular weight excluding hydrogens is 264 g/mol. The van der Waals surface area contributed by atoms with Crippen LogP contribution in [0.15, 0.2) is 47.7 Å². The smallest absolute Gasteiger partial charge is 0.265 e. The van der Waals surface area contributed by atoms with Crippen molar-refractivity contribution in [3.05, 3.63) is 63.9 Å². The van der Waals surface area contributed by atoms with Crippen LogP contribution in [0, 0.1) is 0 Å². The van der Waals surface area contributed by atoms with E-state index in [2.05, 4.69) is 15.1 Å². The van der Waals surface area contributed by atoms with Crippen molar-refractivity contribution in [3.63, 3.8) is 0 Å². The first-order valence-electron chi connectivity index (χ1n) is 5.66. The Morgan fingerprint density at radius 1 is 1.16 bits per heavy atom. The number of rotatable bonds is 2. The predicted molar refractivity (Wildman–Crippen MR) is 72.1 cm³/mol. The highest BCUT2D eigenvalue weighted by atomic mass is 35.5. The number of halogens is 1. The molecule has 0 spiro atoms. The zero-order chi connectivity index (χ0) is 13.2. The Morgan fingerprint density at radius 3 is 2.74 bits per heavy atom. The molecule has 0 aliphatic rings. The second-order valence-electron chi connectivity index (χ2n) is 4.02. The molecule has 1 aromatic carbocycles. The quantitative estimate of drug-likeness (QED) is 0.669. The first-order chi connectivity index (χ1) is 9.25. The van der Waals surface area contributed by atoms with Crippen molar-refractivity contribution in [3.8, 4) is 0 Å². The molecular formula is C13H9ClN4O. The molecule has 2 heterocycles. The van der Waals surface area contributed by atoms with Gasteiger partial charge in [-0.3, -0.25) is 4.79 Å². The van der Waals surface area contributed by atoms with Gasteiger partial charge in [-0.15, -0.1) is 0 Å². The van der Waals surface area contributed by atoms with Crippen LogP contribution in [0.4, 0.5) is 0 Å². The fraction of sp³-hybridized carbons (Fsp3) is 0.0769. The Balaban J connectivity index is 2.11. The number of benzene rings is 1. The van der Waals surface area contributed by atoms with Gasteiger partial charge in [-0.2, -0.15) is 5.10 Å². The summed E-state index contributed by atoms with van der Waals surface area (Å²) in [6.45, 7) is 0.400. The molecule has 3 aromatic rings. The summed E-state index contributed by atoms with van der Waals surface area (Å²) < 4.78 is 1.36. The molecule has 0 aliphatic heterocycles. The Morgan fingerprint density at radius 2 is 1.95 bits per heavy atom. The van der Waals surface area contributed by atoms with E-state index in [-0.39, 0.29) is 16.2 Å². The maximum Gasteiger partial charge on any atom is 0.293 e. The van der Waals surface area contributed by atoms with Gasteiger partial charge < -0.3 is 0 Å². The van der Waals surface area contributed by atoms with Crippen molar-refractivity contribution in [2.45, 2.75) is 6.54 Å². The van der Waals surface area contributed by atoms with Gasteiger partial charge in [0.25, 0.3) is 5.56 Å². The van der Waals surface area contributed by atoms with E-state index in [9.17, 15) is 4.79 Å². The SMILES string of the molecule is O=c1c2ncnc(Cl)c2cnn1Cc1ccccc1. The van der Waals surface area contributed by atoms with Crippen LogP contribution in [0.3, 0.4) is 0 Å². The minimum Gasteiger partial charge on any atom is -0.265 e. The Hall–Kier alpha value is -2.27.